The Balaban J connectivity index is 1.67. The Hall–Kier alpha value is -4.00. The van der Waals surface area contributed by atoms with Gasteiger partial charge in [-0.3, -0.25) is 23.9 Å². The summed E-state index contributed by atoms with van der Waals surface area (Å²) < 4.78 is 2.13. The highest BCUT2D eigenvalue weighted by molar-refractivity contribution is 7.13. The van der Waals surface area contributed by atoms with Gasteiger partial charge in [0.2, 0.25) is 5.91 Å². The zero-order valence-electron chi connectivity index (χ0n) is 17.3. The van der Waals surface area contributed by atoms with E-state index >= 15 is 0 Å². The van der Waals surface area contributed by atoms with Gasteiger partial charge in [-0.2, -0.15) is 0 Å². The summed E-state index contributed by atoms with van der Waals surface area (Å²) >= 11 is 1.32. The monoisotopic (exact) mass is 454 g/mol. The van der Waals surface area contributed by atoms with E-state index in [0.717, 1.165) is 4.57 Å². The van der Waals surface area contributed by atoms with Crippen molar-refractivity contribution in [3.63, 3.8) is 0 Å². The van der Waals surface area contributed by atoms with Crippen LogP contribution in [-0.2, 0) is 16.1 Å². The van der Waals surface area contributed by atoms with Crippen LogP contribution in [0.3, 0.4) is 0 Å². The van der Waals surface area contributed by atoms with Crippen LogP contribution >= 0.6 is 11.3 Å². The third kappa shape index (κ3) is 3.85. The zero-order valence-corrected chi connectivity index (χ0v) is 18.1. The average molecular weight is 454 g/mol. The number of fused-ring (bicyclic) bond motifs is 1. The van der Waals surface area contributed by atoms with Crippen molar-refractivity contribution in [2.75, 3.05) is 5.32 Å². The third-order valence-corrected chi connectivity index (χ3v) is 5.62. The summed E-state index contributed by atoms with van der Waals surface area (Å²) in [6.45, 7) is 4.25. The van der Waals surface area contributed by atoms with Crippen LogP contribution in [0.4, 0.5) is 5.82 Å². The molecule has 0 fully saturated rings. The lowest BCUT2D eigenvalue weighted by atomic mass is 10.2. The second-order valence-corrected chi connectivity index (χ2v) is 7.94. The SMILES string of the molecule is CC(=O)Cn1c(=O)[nH]c2ncn([C@@H](C)C(=O)Nc3ncsc3-c3cnc(C)nc3)c2c1=O. The van der Waals surface area contributed by atoms with E-state index in [9.17, 15) is 19.2 Å². The van der Waals surface area contributed by atoms with Crippen LogP contribution in [0.25, 0.3) is 21.6 Å². The van der Waals surface area contributed by atoms with Gasteiger partial charge in [-0.05, 0) is 20.8 Å². The molecule has 32 heavy (non-hydrogen) atoms. The number of nitrogens with one attached hydrogen (secondary N) is 2. The number of anilines is 1. The molecule has 0 spiro atoms. The predicted molar refractivity (Wildman–Crippen MR) is 117 cm³/mol. The number of H-pyrrole nitrogens is 1. The van der Waals surface area contributed by atoms with Gasteiger partial charge in [0.25, 0.3) is 5.56 Å². The van der Waals surface area contributed by atoms with E-state index in [-0.39, 0.29) is 23.5 Å². The molecule has 0 unspecified atom stereocenters. The van der Waals surface area contributed by atoms with E-state index in [4.69, 9.17) is 0 Å². The average Bonchev–Trinajstić information content (AvgIpc) is 3.38. The molecule has 0 radical (unpaired) electrons. The molecule has 0 saturated carbocycles. The van der Waals surface area contributed by atoms with Gasteiger partial charge in [0, 0.05) is 18.0 Å². The molecule has 2 N–H and O–H groups in total. The summed E-state index contributed by atoms with van der Waals surface area (Å²) in [5, 5.41) is 2.76. The maximum absolute atomic E-state index is 13.0. The molecule has 0 aliphatic carbocycles. The smallest absolute Gasteiger partial charge is 0.312 e. The zero-order chi connectivity index (χ0) is 23.0. The summed E-state index contributed by atoms with van der Waals surface area (Å²) in [6.07, 6.45) is 4.58. The Morgan fingerprint density at radius 2 is 1.91 bits per heavy atom. The lowest BCUT2D eigenvalue weighted by Gasteiger charge is -2.14. The summed E-state index contributed by atoms with van der Waals surface area (Å²) in [5.74, 6) is 0.155. The van der Waals surface area contributed by atoms with Crippen LogP contribution in [-0.4, -0.2) is 45.7 Å². The normalized spacial score (nSPS) is 12.1. The third-order valence-electron chi connectivity index (χ3n) is 4.74. The van der Waals surface area contributed by atoms with Gasteiger partial charge in [0.1, 0.15) is 17.6 Å². The fourth-order valence-electron chi connectivity index (χ4n) is 3.11. The van der Waals surface area contributed by atoms with Crippen LogP contribution < -0.4 is 16.6 Å². The van der Waals surface area contributed by atoms with Crippen LogP contribution in [0.2, 0.25) is 0 Å². The first-order valence-electron chi connectivity index (χ1n) is 9.48. The topological polar surface area (TPSA) is 158 Å². The number of Topliss-reactive ketones (excluding diaryl/α,β-unsaturated/α-hetero) is 1. The summed E-state index contributed by atoms with van der Waals surface area (Å²) in [5.41, 5.74) is 0.894. The Bertz CT molecular complexity index is 1450. The van der Waals surface area contributed by atoms with Gasteiger partial charge in [0.05, 0.1) is 23.3 Å². The van der Waals surface area contributed by atoms with Crippen molar-refractivity contribution in [3.05, 3.63) is 50.9 Å². The lowest BCUT2D eigenvalue weighted by Crippen LogP contribution is -2.38. The van der Waals surface area contributed by atoms with Crippen LogP contribution in [0.1, 0.15) is 25.7 Å². The number of aryl methyl sites for hydroxylation is 1. The fourth-order valence-corrected chi connectivity index (χ4v) is 3.83. The number of thiazole rings is 1. The molecule has 12 nitrogen and oxygen atoms in total. The van der Waals surface area contributed by atoms with Crippen molar-refractivity contribution in [1.82, 2.24) is 34.1 Å². The number of rotatable bonds is 6. The quantitative estimate of drug-likeness (QED) is 0.435. The molecule has 0 aliphatic rings. The van der Waals surface area contributed by atoms with E-state index in [1.807, 2.05) is 0 Å². The van der Waals surface area contributed by atoms with E-state index in [0.29, 0.717) is 22.1 Å². The molecule has 164 valence electrons. The number of carbonyl (C=O) groups is 2. The Labute approximate surface area is 184 Å². The maximum atomic E-state index is 13.0. The number of hydrogen-bond acceptors (Lipinski definition) is 9. The molecule has 0 aliphatic heterocycles. The number of aromatic amines is 1. The molecule has 0 saturated heterocycles. The summed E-state index contributed by atoms with van der Waals surface area (Å²) in [6, 6.07) is -0.867. The van der Waals surface area contributed by atoms with E-state index in [1.54, 1.807) is 31.8 Å². The molecule has 1 amide bonds. The highest BCUT2D eigenvalue weighted by atomic mass is 32.1. The van der Waals surface area contributed by atoms with Crippen molar-refractivity contribution in [2.24, 2.45) is 0 Å². The molecular formula is C19H18N8O4S. The second kappa shape index (κ2) is 8.26. The first kappa shape index (κ1) is 21.2. The first-order chi connectivity index (χ1) is 15.3. The largest absolute Gasteiger partial charge is 0.330 e. The number of aromatic nitrogens is 7. The van der Waals surface area contributed by atoms with Gasteiger partial charge in [-0.1, -0.05) is 0 Å². The van der Waals surface area contributed by atoms with Crippen molar-refractivity contribution >= 4 is 40.0 Å². The van der Waals surface area contributed by atoms with Gasteiger partial charge in [-0.25, -0.2) is 24.7 Å². The van der Waals surface area contributed by atoms with Crippen LogP contribution in [0, 0.1) is 6.92 Å². The van der Waals surface area contributed by atoms with Gasteiger partial charge in [-0.15, -0.1) is 11.3 Å². The highest BCUT2D eigenvalue weighted by Crippen LogP contribution is 2.31. The van der Waals surface area contributed by atoms with Gasteiger partial charge >= 0.3 is 5.69 Å². The van der Waals surface area contributed by atoms with Gasteiger partial charge < -0.3 is 9.88 Å². The number of nitrogens with zero attached hydrogens (tertiary/aromatic N) is 6. The molecular weight excluding hydrogens is 436 g/mol. The van der Waals surface area contributed by atoms with Crippen LogP contribution in [0.5, 0.6) is 0 Å². The van der Waals surface area contributed by atoms with Crippen molar-refractivity contribution in [2.45, 2.75) is 33.4 Å². The molecule has 13 heteroatoms. The molecule has 0 aromatic carbocycles. The first-order valence-corrected chi connectivity index (χ1v) is 10.4. The lowest BCUT2D eigenvalue weighted by molar-refractivity contribution is -0.119. The minimum absolute atomic E-state index is 0.0129. The standard InChI is InChI=1S/C19H18N8O4S/c1-9(28)6-26-18(30)13-15(25-19(26)31)22-7-27(13)10(2)17(29)24-16-14(32-8-23-16)12-4-20-11(3)21-5-12/h4-5,7-8,10H,6H2,1-3H3,(H,24,29)(H,25,31)/t10-/m0/s1. The Morgan fingerprint density at radius 1 is 1.19 bits per heavy atom. The number of amides is 1. The molecule has 0 bridgehead atoms. The molecule has 4 heterocycles. The van der Waals surface area contributed by atoms with Crippen LogP contribution in [0.15, 0.2) is 33.8 Å². The number of imidazole rings is 1. The molecule has 4 rings (SSSR count). The molecule has 4 aromatic rings. The maximum Gasteiger partial charge on any atom is 0.330 e. The van der Waals surface area contributed by atoms with E-state index < -0.39 is 23.2 Å². The number of hydrogen-bond donors (Lipinski definition) is 2. The highest BCUT2D eigenvalue weighted by Gasteiger charge is 2.23. The van der Waals surface area contributed by atoms with Crippen molar-refractivity contribution in [3.8, 4) is 10.4 Å². The summed E-state index contributed by atoms with van der Waals surface area (Å²) in [4.78, 5) is 69.1. The van der Waals surface area contributed by atoms with E-state index in [1.165, 1.54) is 29.2 Å². The summed E-state index contributed by atoms with van der Waals surface area (Å²) in [7, 11) is 0. The minimum Gasteiger partial charge on any atom is -0.312 e. The Morgan fingerprint density at radius 3 is 2.59 bits per heavy atom. The van der Waals surface area contributed by atoms with E-state index in [2.05, 4.69) is 30.2 Å². The fraction of sp³-hybridized carbons (Fsp3) is 0.263. The minimum atomic E-state index is -0.867. The Kier molecular flexibility index (Phi) is 5.48. The number of carbonyl (C=O) groups excluding carboxylic acids is 2. The molecule has 4 aromatic heterocycles. The second-order valence-electron chi connectivity index (χ2n) is 7.09. The van der Waals surface area contributed by atoms with Crippen molar-refractivity contribution < 1.29 is 9.59 Å². The number of ketones is 1. The molecule has 1 atom stereocenters. The predicted octanol–water partition coefficient (Wildman–Crippen LogP) is 0.897. The van der Waals surface area contributed by atoms with Gasteiger partial charge in [0.15, 0.2) is 17.0 Å². The van der Waals surface area contributed by atoms with Crippen molar-refractivity contribution in [1.29, 1.82) is 0 Å².